The summed E-state index contributed by atoms with van der Waals surface area (Å²) >= 11 is 5.80. The number of carbonyl (C=O) groups is 2. The van der Waals surface area contributed by atoms with Crippen molar-refractivity contribution in [3.8, 4) is 0 Å². The van der Waals surface area contributed by atoms with E-state index in [4.69, 9.17) is 11.6 Å². The van der Waals surface area contributed by atoms with Gasteiger partial charge in [0.05, 0.1) is 7.11 Å². The highest BCUT2D eigenvalue weighted by Crippen LogP contribution is 2.13. The molecule has 0 heterocycles. The molecule has 0 aliphatic rings. The van der Waals surface area contributed by atoms with Crippen LogP contribution in [0.4, 0.5) is 10.1 Å². The normalized spacial score (nSPS) is 11.4. The van der Waals surface area contributed by atoms with Gasteiger partial charge >= 0.3 is 5.97 Å². The minimum absolute atomic E-state index is 0.183. The molecule has 6 heteroatoms. The van der Waals surface area contributed by atoms with Crippen LogP contribution in [0.1, 0.15) is 5.56 Å². The van der Waals surface area contributed by atoms with Crippen LogP contribution in [0.25, 0.3) is 6.08 Å². The molecule has 0 radical (unpaired) electrons. The van der Waals surface area contributed by atoms with E-state index in [2.05, 4.69) is 10.1 Å². The average molecular weight is 360 g/mol. The summed E-state index contributed by atoms with van der Waals surface area (Å²) in [6.45, 7) is 0. The summed E-state index contributed by atoms with van der Waals surface area (Å²) in [6, 6.07) is 12.3. The number of methoxy groups -OCH3 is 1. The molecular formula is C19H15ClFNO3. The van der Waals surface area contributed by atoms with Gasteiger partial charge in [-0.1, -0.05) is 29.8 Å². The van der Waals surface area contributed by atoms with Crippen LogP contribution in [-0.4, -0.2) is 18.9 Å². The highest BCUT2D eigenvalue weighted by molar-refractivity contribution is 6.30. The zero-order valence-corrected chi connectivity index (χ0v) is 14.1. The van der Waals surface area contributed by atoms with Crippen LogP contribution in [0.3, 0.4) is 0 Å². The summed E-state index contributed by atoms with van der Waals surface area (Å²) < 4.78 is 17.5. The first kappa shape index (κ1) is 18.4. The maximum absolute atomic E-state index is 12.9. The summed E-state index contributed by atoms with van der Waals surface area (Å²) in [4.78, 5) is 24.1. The third-order valence-corrected chi connectivity index (χ3v) is 3.45. The van der Waals surface area contributed by atoms with Crippen molar-refractivity contribution in [1.82, 2.24) is 0 Å². The van der Waals surface area contributed by atoms with E-state index in [0.717, 1.165) is 5.56 Å². The van der Waals surface area contributed by atoms with Crippen LogP contribution in [0.5, 0.6) is 0 Å². The molecule has 0 spiro atoms. The van der Waals surface area contributed by atoms with E-state index in [1.807, 2.05) is 0 Å². The van der Waals surface area contributed by atoms with Gasteiger partial charge in [0.2, 0.25) is 0 Å². The Morgan fingerprint density at radius 3 is 2.32 bits per heavy atom. The highest BCUT2D eigenvalue weighted by atomic mass is 35.5. The lowest BCUT2D eigenvalue weighted by Gasteiger charge is -2.04. The molecule has 0 bridgehead atoms. The minimum Gasteiger partial charge on any atom is -0.465 e. The van der Waals surface area contributed by atoms with Crippen molar-refractivity contribution in [1.29, 1.82) is 0 Å². The number of halogens is 2. The van der Waals surface area contributed by atoms with Gasteiger partial charge in [-0.2, -0.15) is 0 Å². The highest BCUT2D eigenvalue weighted by Gasteiger charge is 2.16. The van der Waals surface area contributed by atoms with E-state index in [-0.39, 0.29) is 11.4 Å². The predicted octanol–water partition coefficient (Wildman–Crippen LogP) is 4.23. The first-order valence-electron chi connectivity index (χ1n) is 7.28. The number of carbonyl (C=O) groups excluding carboxylic acids is 2. The number of ether oxygens (including phenoxy) is 1. The fourth-order valence-corrected chi connectivity index (χ4v) is 2.00. The molecule has 0 saturated carbocycles. The number of rotatable bonds is 6. The van der Waals surface area contributed by atoms with Gasteiger partial charge in [0, 0.05) is 16.9 Å². The van der Waals surface area contributed by atoms with E-state index in [1.165, 1.54) is 43.7 Å². The van der Waals surface area contributed by atoms with E-state index in [1.54, 1.807) is 30.3 Å². The van der Waals surface area contributed by atoms with Crippen molar-refractivity contribution in [2.45, 2.75) is 0 Å². The largest absolute Gasteiger partial charge is 0.465 e. The number of nitrogens with one attached hydrogen (secondary N) is 1. The van der Waals surface area contributed by atoms with Gasteiger partial charge in [-0.05, 0) is 48.0 Å². The molecule has 2 aromatic rings. The molecule has 0 fully saturated rings. The van der Waals surface area contributed by atoms with Gasteiger partial charge in [0.25, 0.3) is 0 Å². The van der Waals surface area contributed by atoms with Crippen molar-refractivity contribution in [3.05, 3.63) is 82.8 Å². The number of hydrogen-bond acceptors (Lipinski definition) is 4. The Balaban J connectivity index is 2.16. The SMILES string of the molecule is COC(=O)C(=CNc1ccc(F)cc1)C(=O)C=Cc1ccc(Cl)cc1. The van der Waals surface area contributed by atoms with Gasteiger partial charge in [-0.25, -0.2) is 9.18 Å². The minimum atomic E-state index is -0.777. The standard InChI is InChI=1S/C19H15ClFNO3/c1-25-19(24)17(12-22-16-9-7-15(21)8-10-16)18(23)11-4-13-2-5-14(20)6-3-13/h2-12,22H,1H3. The maximum atomic E-state index is 12.9. The van der Waals surface area contributed by atoms with Gasteiger partial charge in [0.1, 0.15) is 11.4 Å². The zero-order chi connectivity index (χ0) is 18.2. The van der Waals surface area contributed by atoms with Crippen LogP contribution in [0.15, 0.2) is 66.4 Å². The van der Waals surface area contributed by atoms with Crippen LogP contribution in [0.2, 0.25) is 5.02 Å². The molecule has 0 saturated heterocycles. The lowest BCUT2D eigenvalue weighted by Crippen LogP contribution is -2.14. The molecule has 0 aliphatic carbocycles. The maximum Gasteiger partial charge on any atom is 0.343 e. The monoisotopic (exact) mass is 359 g/mol. The Bertz CT molecular complexity index is 812. The topological polar surface area (TPSA) is 55.4 Å². The molecular weight excluding hydrogens is 345 g/mol. The Morgan fingerprint density at radius 1 is 1.08 bits per heavy atom. The van der Waals surface area contributed by atoms with E-state index < -0.39 is 11.8 Å². The molecule has 0 amide bonds. The second-order valence-electron chi connectivity index (χ2n) is 4.95. The lowest BCUT2D eigenvalue weighted by molar-refractivity contribution is -0.137. The Labute approximate surface area is 149 Å². The Kier molecular flexibility index (Phi) is 6.48. The number of ketones is 1. The molecule has 2 rings (SSSR count). The fourth-order valence-electron chi connectivity index (χ4n) is 1.88. The average Bonchev–Trinajstić information content (AvgIpc) is 2.62. The van der Waals surface area contributed by atoms with Crippen molar-refractivity contribution in [2.24, 2.45) is 0 Å². The molecule has 1 N–H and O–H groups in total. The smallest absolute Gasteiger partial charge is 0.343 e. The van der Waals surface area contributed by atoms with E-state index in [0.29, 0.717) is 10.7 Å². The summed E-state index contributed by atoms with van der Waals surface area (Å²) in [5.74, 6) is -1.69. The molecule has 0 aromatic heterocycles. The number of allylic oxidation sites excluding steroid dienone is 1. The second kappa shape index (κ2) is 8.80. The van der Waals surface area contributed by atoms with Crippen molar-refractivity contribution in [3.63, 3.8) is 0 Å². The van der Waals surface area contributed by atoms with Crippen molar-refractivity contribution >= 4 is 35.1 Å². The predicted molar refractivity (Wildman–Crippen MR) is 95.6 cm³/mol. The number of hydrogen-bond donors (Lipinski definition) is 1. The Morgan fingerprint density at radius 2 is 1.72 bits per heavy atom. The quantitative estimate of drug-likeness (QED) is 0.363. The van der Waals surface area contributed by atoms with Crippen molar-refractivity contribution < 1.29 is 18.7 Å². The lowest BCUT2D eigenvalue weighted by atomic mass is 10.1. The summed E-state index contributed by atoms with van der Waals surface area (Å²) in [6.07, 6.45) is 4.05. The summed E-state index contributed by atoms with van der Waals surface area (Å²) in [7, 11) is 1.18. The third-order valence-electron chi connectivity index (χ3n) is 3.20. The number of anilines is 1. The molecule has 0 aliphatic heterocycles. The third kappa shape index (κ3) is 5.58. The fraction of sp³-hybridized carbons (Fsp3) is 0.0526. The second-order valence-corrected chi connectivity index (χ2v) is 5.39. The van der Waals surface area contributed by atoms with Crippen LogP contribution in [-0.2, 0) is 14.3 Å². The molecule has 0 unspecified atom stereocenters. The van der Waals surface area contributed by atoms with Crippen LogP contribution < -0.4 is 5.32 Å². The molecule has 4 nitrogen and oxygen atoms in total. The van der Waals surface area contributed by atoms with Crippen LogP contribution >= 0.6 is 11.6 Å². The van der Waals surface area contributed by atoms with Gasteiger partial charge in [-0.3, -0.25) is 4.79 Å². The number of esters is 1. The van der Waals surface area contributed by atoms with Crippen molar-refractivity contribution in [2.75, 3.05) is 12.4 Å². The first-order chi connectivity index (χ1) is 12.0. The van der Waals surface area contributed by atoms with Gasteiger partial charge < -0.3 is 10.1 Å². The van der Waals surface area contributed by atoms with Gasteiger partial charge in [0.15, 0.2) is 5.78 Å². The molecule has 0 atom stereocenters. The van der Waals surface area contributed by atoms with Gasteiger partial charge in [-0.15, -0.1) is 0 Å². The first-order valence-corrected chi connectivity index (χ1v) is 7.66. The van der Waals surface area contributed by atoms with E-state index in [9.17, 15) is 14.0 Å². The molecule has 128 valence electrons. The Hall–Kier alpha value is -2.92. The van der Waals surface area contributed by atoms with Crippen LogP contribution in [0, 0.1) is 5.82 Å². The molecule has 25 heavy (non-hydrogen) atoms. The number of benzene rings is 2. The van der Waals surface area contributed by atoms with E-state index >= 15 is 0 Å². The summed E-state index contributed by atoms with van der Waals surface area (Å²) in [5, 5.41) is 3.36. The molecule has 2 aromatic carbocycles. The zero-order valence-electron chi connectivity index (χ0n) is 13.3. The summed E-state index contributed by atoms with van der Waals surface area (Å²) in [5.41, 5.74) is 1.10.